The maximum absolute atomic E-state index is 13.0. The van der Waals surface area contributed by atoms with Crippen LogP contribution in [0.2, 0.25) is 10.2 Å². The molecule has 1 aromatic carbocycles. The monoisotopic (exact) mass is 462 g/mol. The van der Waals surface area contributed by atoms with Gasteiger partial charge in [0.2, 0.25) is 5.91 Å². The van der Waals surface area contributed by atoms with Gasteiger partial charge >= 0.3 is 6.18 Å². The zero-order valence-corrected chi connectivity index (χ0v) is 18.3. The molecule has 0 radical (unpaired) electrons. The van der Waals surface area contributed by atoms with Crippen LogP contribution >= 0.6 is 23.2 Å². The highest BCUT2D eigenvalue weighted by Crippen LogP contribution is 2.32. The minimum atomic E-state index is -4.48. The van der Waals surface area contributed by atoms with Gasteiger partial charge in [-0.3, -0.25) is 14.4 Å². The molecule has 0 saturated carbocycles. The lowest BCUT2D eigenvalue weighted by molar-refractivity contribution is -0.138. The van der Waals surface area contributed by atoms with Crippen molar-refractivity contribution in [1.29, 1.82) is 0 Å². The van der Waals surface area contributed by atoms with Gasteiger partial charge in [0.15, 0.2) is 0 Å². The molecule has 2 aromatic rings. The number of hydrogen-bond acceptors (Lipinski definition) is 3. The molecule has 2 heterocycles. The van der Waals surface area contributed by atoms with Crippen LogP contribution < -0.4 is 0 Å². The van der Waals surface area contributed by atoms with Crippen molar-refractivity contribution in [2.75, 3.05) is 26.2 Å². The summed E-state index contributed by atoms with van der Waals surface area (Å²) in [4.78, 5) is 16.6. The molecule has 1 saturated heterocycles. The van der Waals surface area contributed by atoms with E-state index in [0.717, 1.165) is 36.4 Å². The lowest BCUT2D eigenvalue weighted by atomic mass is 10.1. The average Bonchev–Trinajstić information content (AvgIpc) is 2.84. The highest BCUT2D eigenvalue weighted by molar-refractivity contribution is 6.31. The van der Waals surface area contributed by atoms with Gasteiger partial charge in [-0.2, -0.15) is 18.3 Å². The predicted molar refractivity (Wildman–Crippen MR) is 110 cm³/mol. The Morgan fingerprint density at radius 1 is 1.17 bits per heavy atom. The molecular formula is C20H23Cl2F3N4O. The number of aromatic nitrogens is 2. The minimum Gasteiger partial charge on any atom is -0.341 e. The van der Waals surface area contributed by atoms with Gasteiger partial charge in [0, 0.05) is 50.4 Å². The number of nitrogens with zero attached hydrogens (tertiary/aromatic N) is 4. The van der Waals surface area contributed by atoms with E-state index in [2.05, 4.69) is 10.00 Å². The second-order valence-corrected chi connectivity index (χ2v) is 8.23. The Morgan fingerprint density at radius 2 is 1.90 bits per heavy atom. The summed E-state index contributed by atoms with van der Waals surface area (Å²) in [7, 11) is 1.79. The summed E-state index contributed by atoms with van der Waals surface area (Å²) in [5.41, 5.74) is 1.23. The fraction of sp³-hybridized carbons (Fsp3) is 0.500. The molecule has 1 aliphatic rings. The molecule has 1 aliphatic heterocycles. The first-order valence-corrected chi connectivity index (χ1v) is 10.4. The molecule has 1 fully saturated rings. The van der Waals surface area contributed by atoms with Crippen molar-refractivity contribution in [3.63, 3.8) is 0 Å². The van der Waals surface area contributed by atoms with Crippen LogP contribution in [0.4, 0.5) is 13.2 Å². The third-order valence-electron chi connectivity index (χ3n) is 5.31. The van der Waals surface area contributed by atoms with E-state index >= 15 is 0 Å². The Hall–Kier alpha value is -1.77. The topological polar surface area (TPSA) is 41.4 Å². The number of alkyl halides is 3. The molecule has 10 heteroatoms. The first-order chi connectivity index (χ1) is 14.1. The number of rotatable bonds is 4. The first-order valence-electron chi connectivity index (χ1n) is 9.60. The largest absolute Gasteiger partial charge is 0.416 e. The summed E-state index contributed by atoms with van der Waals surface area (Å²) in [5, 5.41) is 5.09. The normalized spacial score (nSPS) is 16.0. The molecule has 5 nitrogen and oxygen atoms in total. The highest BCUT2D eigenvalue weighted by atomic mass is 35.5. The van der Waals surface area contributed by atoms with E-state index in [0.29, 0.717) is 31.3 Å². The summed E-state index contributed by atoms with van der Waals surface area (Å²) in [5.74, 6) is -0.228. The number of hydrogen-bond donors (Lipinski definition) is 0. The van der Waals surface area contributed by atoms with E-state index in [1.54, 1.807) is 16.6 Å². The Bertz CT molecular complexity index is 930. The lowest BCUT2D eigenvalue weighted by Gasteiger charge is -2.22. The Morgan fingerprint density at radius 3 is 2.53 bits per heavy atom. The highest BCUT2D eigenvalue weighted by Gasteiger charge is 2.31. The number of aryl methyl sites for hydroxylation is 2. The van der Waals surface area contributed by atoms with E-state index in [1.807, 2.05) is 6.92 Å². The average molecular weight is 463 g/mol. The molecule has 1 aromatic heterocycles. The number of halogens is 5. The molecular weight excluding hydrogens is 440 g/mol. The number of carbonyl (C=O) groups is 1. The zero-order chi connectivity index (χ0) is 22.1. The van der Waals surface area contributed by atoms with Gasteiger partial charge < -0.3 is 4.90 Å². The SMILES string of the molecule is Cc1nn(C)c(Cl)c1CN1CCCN(C(=O)Cc2cc(C(F)(F)F)ccc2Cl)CC1. The fourth-order valence-corrected chi connectivity index (χ4v) is 4.04. The van der Waals surface area contributed by atoms with Crippen LogP contribution in [0.5, 0.6) is 0 Å². The molecule has 30 heavy (non-hydrogen) atoms. The fourth-order valence-electron chi connectivity index (χ4n) is 3.62. The Kier molecular flexibility index (Phi) is 6.99. The second kappa shape index (κ2) is 9.16. The number of carbonyl (C=O) groups excluding carboxylic acids is 1. The van der Waals surface area contributed by atoms with Crippen molar-refractivity contribution < 1.29 is 18.0 Å². The summed E-state index contributed by atoms with van der Waals surface area (Å²) >= 11 is 12.4. The molecule has 0 N–H and O–H groups in total. The van der Waals surface area contributed by atoms with Gasteiger partial charge in [-0.1, -0.05) is 23.2 Å². The van der Waals surface area contributed by atoms with Crippen molar-refractivity contribution in [3.8, 4) is 0 Å². The maximum atomic E-state index is 13.0. The zero-order valence-electron chi connectivity index (χ0n) is 16.8. The smallest absolute Gasteiger partial charge is 0.341 e. The van der Waals surface area contributed by atoms with Gasteiger partial charge in [0.25, 0.3) is 0 Å². The van der Waals surface area contributed by atoms with Crippen LogP contribution in [0.1, 0.15) is 28.8 Å². The van der Waals surface area contributed by atoms with Crippen LogP contribution in [0.3, 0.4) is 0 Å². The molecule has 0 spiro atoms. The van der Waals surface area contributed by atoms with Gasteiger partial charge in [-0.15, -0.1) is 0 Å². The van der Waals surface area contributed by atoms with Crippen LogP contribution in [0.25, 0.3) is 0 Å². The van der Waals surface area contributed by atoms with Crippen LogP contribution in [-0.2, 0) is 31.0 Å². The molecule has 0 aliphatic carbocycles. The van der Waals surface area contributed by atoms with Crippen molar-refractivity contribution in [1.82, 2.24) is 19.6 Å². The molecule has 0 bridgehead atoms. The van der Waals surface area contributed by atoms with Gasteiger partial charge in [-0.25, -0.2) is 0 Å². The minimum absolute atomic E-state index is 0.156. The van der Waals surface area contributed by atoms with E-state index in [4.69, 9.17) is 23.2 Å². The van der Waals surface area contributed by atoms with Crippen LogP contribution in [0.15, 0.2) is 18.2 Å². The van der Waals surface area contributed by atoms with E-state index in [-0.39, 0.29) is 22.9 Å². The van der Waals surface area contributed by atoms with Crippen molar-refractivity contribution in [2.24, 2.45) is 7.05 Å². The summed E-state index contributed by atoms with van der Waals surface area (Å²) in [6, 6.07) is 3.07. The molecule has 164 valence electrons. The van der Waals surface area contributed by atoms with Gasteiger partial charge in [0.05, 0.1) is 17.7 Å². The quantitative estimate of drug-likeness (QED) is 0.678. The predicted octanol–water partition coefficient (Wildman–Crippen LogP) is 4.33. The van der Waals surface area contributed by atoms with Gasteiger partial charge in [-0.05, 0) is 37.1 Å². The summed E-state index contributed by atoms with van der Waals surface area (Å²) < 4.78 is 40.5. The number of benzene rings is 1. The molecule has 0 atom stereocenters. The Balaban J connectivity index is 1.63. The second-order valence-electron chi connectivity index (χ2n) is 7.47. The molecule has 0 unspecified atom stereocenters. The van der Waals surface area contributed by atoms with E-state index in [9.17, 15) is 18.0 Å². The summed E-state index contributed by atoms with van der Waals surface area (Å²) in [6.45, 7) is 5.02. The molecule has 1 amide bonds. The third-order valence-corrected chi connectivity index (χ3v) is 6.15. The Labute approximate surface area is 183 Å². The van der Waals surface area contributed by atoms with E-state index in [1.165, 1.54) is 6.07 Å². The summed E-state index contributed by atoms with van der Waals surface area (Å²) in [6.07, 6.45) is -3.87. The van der Waals surface area contributed by atoms with E-state index < -0.39 is 11.7 Å². The number of amides is 1. The third kappa shape index (κ3) is 5.28. The lowest BCUT2D eigenvalue weighted by Crippen LogP contribution is -2.36. The molecule has 3 rings (SSSR count). The van der Waals surface area contributed by atoms with Crippen molar-refractivity contribution in [2.45, 2.75) is 32.5 Å². The standard InChI is InChI=1S/C20H23Cl2F3N4O/c1-13-16(19(22)27(2)26-13)12-28-6-3-7-29(9-8-28)18(30)11-14-10-15(20(23,24)25)4-5-17(14)21/h4-5,10H,3,6-9,11-12H2,1-2H3. The van der Waals surface area contributed by atoms with Crippen LogP contribution in [-0.4, -0.2) is 51.7 Å². The van der Waals surface area contributed by atoms with Crippen molar-refractivity contribution in [3.05, 3.63) is 50.8 Å². The van der Waals surface area contributed by atoms with Crippen LogP contribution in [0, 0.1) is 6.92 Å². The maximum Gasteiger partial charge on any atom is 0.416 e. The van der Waals surface area contributed by atoms with Gasteiger partial charge in [0.1, 0.15) is 5.15 Å². The van der Waals surface area contributed by atoms with Crippen molar-refractivity contribution >= 4 is 29.1 Å². The first kappa shape index (κ1) is 22.9.